The largest absolute Gasteiger partial charge is 0.496 e. The number of rotatable bonds is 4. The van der Waals surface area contributed by atoms with Crippen LogP contribution in [0.25, 0.3) is 0 Å². The molecule has 1 aromatic carbocycles. The van der Waals surface area contributed by atoms with Gasteiger partial charge in [-0.1, -0.05) is 13.8 Å². The average Bonchev–Trinajstić information content (AvgIpc) is 2.41. The molecule has 0 saturated carbocycles. The fourth-order valence-electron chi connectivity index (χ4n) is 2.23. The maximum absolute atomic E-state index is 5.93. The van der Waals surface area contributed by atoms with Crippen molar-refractivity contribution in [1.82, 2.24) is 9.97 Å². The predicted molar refractivity (Wildman–Crippen MR) is 93.5 cm³/mol. The van der Waals surface area contributed by atoms with Crippen molar-refractivity contribution in [2.75, 3.05) is 18.6 Å². The summed E-state index contributed by atoms with van der Waals surface area (Å²) < 4.78 is 6.48. The van der Waals surface area contributed by atoms with Gasteiger partial charge in [0.2, 0.25) is 5.95 Å². The van der Waals surface area contributed by atoms with Gasteiger partial charge in [-0.2, -0.15) is 4.98 Å². The molecular formula is C15H19IN4O. The van der Waals surface area contributed by atoms with Crippen LogP contribution in [0.5, 0.6) is 5.75 Å². The van der Waals surface area contributed by atoms with Gasteiger partial charge in [-0.25, -0.2) is 4.98 Å². The highest BCUT2D eigenvalue weighted by Crippen LogP contribution is 2.31. The molecule has 0 amide bonds. The maximum atomic E-state index is 5.93. The fourth-order valence-corrected chi connectivity index (χ4v) is 2.98. The van der Waals surface area contributed by atoms with E-state index in [1.54, 1.807) is 13.3 Å². The minimum atomic E-state index is 0.199. The zero-order valence-electron chi connectivity index (χ0n) is 12.4. The molecule has 0 spiro atoms. The molecule has 4 N–H and O–H groups in total. The molecule has 0 radical (unpaired) electrons. The molecule has 1 heterocycles. The molecule has 0 saturated heterocycles. The molecule has 0 unspecified atom stereocenters. The molecule has 6 heteroatoms. The minimum absolute atomic E-state index is 0.199. The Kier molecular flexibility index (Phi) is 4.87. The van der Waals surface area contributed by atoms with Gasteiger partial charge in [0, 0.05) is 18.2 Å². The molecule has 112 valence electrons. The van der Waals surface area contributed by atoms with E-state index in [2.05, 4.69) is 58.5 Å². The van der Waals surface area contributed by atoms with Crippen LogP contribution in [0.3, 0.4) is 0 Å². The topological polar surface area (TPSA) is 87.0 Å². The van der Waals surface area contributed by atoms with Crippen molar-refractivity contribution in [3.8, 4) is 5.75 Å². The standard InChI is InChI=1S/C15H19IN4O/c1-8(2)11-6-13(21-3)12(16)5-9(11)4-10-7-19-15(18)20-14(10)17/h5-8H,4H2,1-3H3,(H4,17,18,19,20). The normalized spacial score (nSPS) is 10.9. The van der Waals surface area contributed by atoms with Crippen molar-refractivity contribution in [3.05, 3.63) is 38.6 Å². The van der Waals surface area contributed by atoms with Crippen molar-refractivity contribution in [2.24, 2.45) is 0 Å². The summed E-state index contributed by atoms with van der Waals surface area (Å²) in [6, 6.07) is 4.22. The Hall–Kier alpha value is -1.57. The van der Waals surface area contributed by atoms with Crippen molar-refractivity contribution in [2.45, 2.75) is 26.2 Å². The predicted octanol–water partition coefficient (Wildman–Crippen LogP) is 2.97. The minimum Gasteiger partial charge on any atom is -0.496 e. The van der Waals surface area contributed by atoms with E-state index in [-0.39, 0.29) is 5.95 Å². The Bertz CT molecular complexity index is 658. The third-order valence-electron chi connectivity index (χ3n) is 3.33. The number of nitrogen functional groups attached to an aromatic ring is 2. The summed E-state index contributed by atoms with van der Waals surface area (Å²) in [6.07, 6.45) is 2.37. The van der Waals surface area contributed by atoms with E-state index in [0.717, 1.165) is 14.9 Å². The molecule has 0 aliphatic rings. The Labute approximate surface area is 138 Å². The highest BCUT2D eigenvalue weighted by Gasteiger charge is 2.14. The van der Waals surface area contributed by atoms with E-state index < -0.39 is 0 Å². The van der Waals surface area contributed by atoms with Crippen molar-refractivity contribution in [3.63, 3.8) is 0 Å². The van der Waals surface area contributed by atoms with Crippen LogP contribution < -0.4 is 16.2 Å². The van der Waals surface area contributed by atoms with Gasteiger partial charge >= 0.3 is 0 Å². The smallest absolute Gasteiger partial charge is 0.221 e. The summed E-state index contributed by atoms with van der Waals surface area (Å²) >= 11 is 2.28. The van der Waals surface area contributed by atoms with Gasteiger partial charge in [-0.05, 0) is 51.8 Å². The van der Waals surface area contributed by atoms with Gasteiger partial charge in [-0.15, -0.1) is 0 Å². The summed E-state index contributed by atoms with van der Waals surface area (Å²) in [6.45, 7) is 4.32. The number of benzene rings is 1. The van der Waals surface area contributed by atoms with Crippen LogP contribution in [0.4, 0.5) is 11.8 Å². The number of ether oxygens (including phenoxy) is 1. The Morgan fingerprint density at radius 3 is 2.52 bits per heavy atom. The Balaban J connectivity index is 2.45. The molecule has 0 atom stereocenters. The Morgan fingerprint density at radius 1 is 1.24 bits per heavy atom. The lowest BCUT2D eigenvalue weighted by molar-refractivity contribution is 0.411. The molecular weight excluding hydrogens is 379 g/mol. The first-order chi connectivity index (χ1) is 9.92. The van der Waals surface area contributed by atoms with Crippen molar-refractivity contribution in [1.29, 1.82) is 0 Å². The monoisotopic (exact) mass is 398 g/mol. The van der Waals surface area contributed by atoms with Gasteiger partial charge < -0.3 is 16.2 Å². The van der Waals surface area contributed by atoms with Gasteiger partial charge in [-0.3, -0.25) is 0 Å². The van der Waals surface area contributed by atoms with Crippen LogP contribution in [0.2, 0.25) is 0 Å². The van der Waals surface area contributed by atoms with Crippen LogP contribution in [-0.2, 0) is 6.42 Å². The highest BCUT2D eigenvalue weighted by atomic mass is 127. The zero-order valence-corrected chi connectivity index (χ0v) is 14.5. The highest BCUT2D eigenvalue weighted by molar-refractivity contribution is 14.1. The van der Waals surface area contributed by atoms with E-state index in [1.165, 1.54) is 11.1 Å². The van der Waals surface area contributed by atoms with Gasteiger partial charge in [0.15, 0.2) is 0 Å². The van der Waals surface area contributed by atoms with E-state index in [9.17, 15) is 0 Å². The lowest BCUT2D eigenvalue weighted by atomic mass is 9.93. The number of nitrogens with two attached hydrogens (primary N) is 2. The van der Waals surface area contributed by atoms with Gasteiger partial charge in [0.25, 0.3) is 0 Å². The van der Waals surface area contributed by atoms with Crippen LogP contribution >= 0.6 is 22.6 Å². The summed E-state index contributed by atoms with van der Waals surface area (Å²) in [5.41, 5.74) is 14.8. The number of anilines is 2. The van der Waals surface area contributed by atoms with Crippen LogP contribution in [-0.4, -0.2) is 17.1 Å². The number of aromatic nitrogens is 2. The molecule has 2 aromatic rings. The molecule has 5 nitrogen and oxygen atoms in total. The number of methoxy groups -OCH3 is 1. The van der Waals surface area contributed by atoms with Crippen LogP contribution in [0.15, 0.2) is 18.3 Å². The molecule has 2 rings (SSSR count). The summed E-state index contributed by atoms with van der Waals surface area (Å²) in [4.78, 5) is 8.05. The molecule has 0 bridgehead atoms. The second-order valence-corrected chi connectivity index (χ2v) is 6.32. The number of hydrogen-bond donors (Lipinski definition) is 2. The zero-order chi connectivity index (χ0) is 15.6. The lowest BCUT2D eigenvalue weighted by Crippen LogP contribution is -2.06. The molecule has 0 fully saturated rings. The number of halogens is 1. The summed E-state index contributed by atoms with van der Waals surface area (Å²) in [7, 11) is 1.69. The third kappa shape index (κ3) is 3.55. The van der Waals surface area contributed by atoms with Crippen LogP contribution in [0.1, 0.15) is 36.5 Å². The Morgan fingerprint density at radius 2 is 1.95 bits per heavy atom. The van der Waals surface area contributed by atoms with E-state index in [0.29, 0.717) is 18.2 Å². The second kappa shape index (κ2) is 6.46. The lowest BCUT2D eigenvalue weighted by Gasteiger charge is -2.16. The molecule has 21 heavy (non-hydrogen) atoms. The average molecular weight is 398 g/mol. The summed E-state index contributed by atoms with van der Waals surface area (Å²) in [5, 5.41) is 0. The quantitative estimate of drug-likeness (QED) is 0.774. The first-order valence-corrected chi connectivity index (χ1v) is 7.73. The maximum Gasteiger partial charge on any atom is 0.221 e. The van der Waals surface area contributed by atoms with Gasteiger partial charge in [0.05, 0.1) is 10.7 Å². The SMILES string of the molecule is COc1cc(C(C)C)c(Cc2cnc(N)nc2N)cc1I. The number of hydrogen-bond acceptors (Lipinski definition) is 5. The first-order valence-electron chi connectivity index (χ1n) is 6.65. The third-order valence-corrected chi connectivity index (χ3v) is 4.18. The fraction of sp³-hybridized carbons (Fsp3) is 0.333. The summed E-state index contributed by atoms with van der Waals surface area (Å²) in [5.74, 6) is 1.92. The van der Waals surface area contributed by atoms with Crippen molar-refractivity contribution < 1.29 is 4.74 Å². The van der Waals surface area contributed by atoms with E-state index in [4.69, 9.17) is 16.2 Å². The first kappa shape index (κ1) is 15.8. The molecule has 0 aliphatic heterocycles. The molecule has 0 aliphatic carbocycles. The number of nitrogens with zero attached hydrogens (tertiary/aromatic N) is 2. The van der Waals surface area contributed by atoms with E-state index >= 15 is 0 Å². The van der Waals surface area contributed by atoms with Gasteiger partial charge in [0.1, 0.15) is 11.6 Å². The second-order valence-electron chi connectivity index (χ2n) is 5.16. The van der Waals surface area contributed by atoms with Crippen molar-refractivity contribution >= 4 is 34.4 Å². The van der Waals surface area contributed by atoms with Crippen LogP contribution in [0, 0.1) is 3.57 Å². The van der Waals surface area contributed by atoms with E-state index in [1.807, 2.05) is 0 Å². The molecule has 1 aromatic heterocycles.